The number of phenols is 2. The molecule has 4 heteroatoms. The first-order chi connectivity index (χ1) is 4.20. The summed E-state index contributed by atoms with van der Waals surface area (Å²) in [7, 11) is 0. The van der Waals surface area contributed by atoms with Crippen molar-refractivity contribution < 1.29 is 10.2 Å². The van der Waals surface area contributed by atoms with Crippen LogP contribution in [0.1, 0.15) is 0 Å². The molecule has 10 heavy (non-hydrogen) atoms. The van der Waals surface area contributed by atoms with Crippen molar-refractivity contribution in [3.8, 4) is 11.5 Å². The van der Waals surface area contributed by atoms with Crippen LogP contribution in [0.5, 0.6) is 11.5 Å². The fourth-order valence-corrected chi connectivity index (χ4v) is 0.863. The number of hydrogen-bond acceptors (Lipinski definition) is 2. The van der Waals surface area contributed by atoms with Crippen LogP contribution < -0.4 is 0 Å². The van der Waals surface area contributed by atoms with E-state index in [-0.39, 0.29) is 41.1 Å². The van der Waals surface area contributed by atoms with Crippen molar-refractivity contribution in [3.05, 3.63) is 22.7 Å². The van der Waals surface area contributed by atoms with Gasteiger partial charge in [-0.05, 0) is 34.1 Å². The fraction of sp³-hybridized carbons (Fsp3) is 0. The Morgan fingerprint density at radius 2 is 1.80 bits per heavy atom. The number of rotatable bonds is 0. The van der Waals surface area contributed by atoms with E-state index in [4.69, 9.17) is 10.2 Å². The van der Waals surface area contributed by atoms with Crippen molar-refractivity contribution in [1.82, 2.24) is 0 Å². The third-order valence-corrected chi connectivity index (χ3v) is 1.57. The molecule has 0 amide bonds. The molecule has 0 bridgehead atoms. The van der Waals surface area contributed by atoms with Crippen molar-refractivity contribution in [1.29, 1.82) is 0 Å². The van der Waals surface area contributed by atoms with Gasteiger partial charge in [0.05, 0.1) is 4.47 Å². The third kappa shape index (κ3) is 2.50. The van der Waals surface area contributed by atoms with Gasteiger partial charge in [0, 0.05) is 29.6 Å². The van der Waals surface area contributed by atoms with Gasteiger partial charge in [0.15, 0.2) is 0 Å². The minimum atomic E-state index is 0. The molecular weight excluding hydrogens is 207 g/mol. The zero-order chi connectivity index (χ0) is 6.85. The summed E-state index contributed by atoms with van der Waals surface area (Å²) in [5, 5.41) is 17.7. The quantitative estimate of drug-likeness (QED) is 0.505. The first-order valence-corrected chi connectivity index (χ1v) is 3.17. The van der Waals surface area contributed by atoms with E-state index in [0.29, 0.717) is 4.47 Å². The van der Waals surface area contributed by atoms with Crippen molar-refractivity contribution in [2.75, 3.05) is 0 Å². The van der Waals surface area contributed by atoms with Crippen LogP contribution in [-0.2, 0) is 0 Å². The second-order valence-corrected chi connectivity index (χ2v) is 2.49. The standard InChI is InChI=1S/C6H5BrO2.Na/c7-5-3-4(8)1-2-6(5)9;/h1-3,8-9H;. The summed E-state index contributed by atoms with van der Waals surface area (Å²) in [6.07, 6.45) is 0. The number of benzene rings is 1. The minimum absolute atomic E-state index is 0. The zero-order valence-electron chi connectivity index (χ0n) is 5.50. The van der Waals surface area contributed by atoms with Crippen LogP contribution in [0.25, 0.3) is 0 Å². The predicted octanol–water partition coefficient (Wildman–Crippen LogP) is 1.48. The Labute approximate surface area is 89.3 Å². The molecule has 1 aromatic carbocycles. The molecule has 2 N–H and O–H groups in total. The molecule has 0 saturated heterocycles. The Bertz CT molecular complexity index is 227. The number of halogens is 1. The molecular formula is C6H5BrNaO2. The summed E-state index contributed by atoms with van der Waals surface area (Å²) in [4.78, 5) is 0. The van der Waals surface area contributed by atoms with E-state index in [1.54, 1.807) is 0 Å². The average molecular weight is 212 g/mol. The Balaban J connectivity index is 0.000000810. The number of hydrogen-bond donors (Lipinski definition) is 2. The molecule has 0 unspecified atom stereocenters. The summed E-state index contributed by atoms with van der Waals surface area (Å²) in [5.41, 5.74) is 0. The summed E-state index contributed by atoms with van der Waals surface area (Å²) in [6.45, 7) is 0. The van der Waals surface area contributed by atoms with Crippen LogP contribution >= 0.6 is 15.9 Å². The fourth-order valence-electron chi connectivity index (χ4n) is 0.496. The van der Waals surface area contributed by atoms with Gasteiger partial charge in [-0.3, -0.25) is 0 Å². The first-order valence-electron chi connectivity index (χ1n) is 2.37. The van der Waals surface area contributed by atoms with E-state index in [2.05, 4.69) is 15.9 Å². The second kappa shape index (κ2) is 4.23. The SMILES string of the molecule is Oc1ccc(O)c(Br)c1.[Na]. The Morgan fingerprint density at radius 3 is 2.20 bits per heavy atom. The van der Waals surface area contributed by atoms with E-state index >= 15 is 0 Å². The van der Waals surface area contributed by atoms with E-state index in [1.165, 1.54) is 18.2 Å². The molecule has 0 saturated carbocycles. The van der Waals surface area contributed by atoms with Gasteiger partial charge >= 0.3 is 0 Å². The maximum atomic E-state index is 8.89. The van der Waals surface area contributed by atoms with Gasteiger partial charge in [-0.2, -0.15) is 0 Å². The van der Waals surface area contributed by atoms with Gasteiger partial charge in [0.1, 0.15) is 11.5 Å². The monoisotopic (exact) mass is 211 g/mol. The van der Waals surface area contributed by atoms with Gasteiger partial charge in [0.25, 0.3) is 0 Å². The van der Waals surface area contributed by atoms with Crippen molar-refractivity contribution in [3.63, 3.8) is 0 Å². The zero-order valence-corrected chi connectivity index (χ0v) is 9.09. The molecule has 49 valence electrons. The molecule has 0 atom stereocenters. The number of phenolic OH excluding ortho intramolecular Hbond substituents is 2. The third-order valence-electron chi connectivity index (χ3n) is 0.931. The smallest absolute Gasteiger partial charge is 0.130 e. The van der Waals surface area contributed by atoms with Crippen molar-refractivity contribution in [2.45, 2.75) is 0 Å². The molecule has 0 aliphatic carbocycles. The van der Waals surface area contributed by atoms with Crippen molar-refractivity contribution >= 4 is 45.5 Å². The Kier molecular flexibility index (Phi) is 4.36. The van der Waals surface area contributed by atoms with Gasteiger partial charge in [-0.25, -0.2) is 0 Å². The van der Waals surface area contributed by atoms with Gasteiger partial charge in [0.2, 0.25) is 0 Å². The van der Waals surface area contributed by atoms with Crippen LogP contribution in [0.15, 0.2) is 22.7 Å². The Morgan fingerprint density at radius 1 is 1.20 bits per heavy atom. The van der Waals surface area contributed by atoms with E-state index < -0.39 is 0 Å². The summed E-state index contributed by atoms with van der Waals surface area (Å²) < 4.78 is 0.502. The summed E-state index contributed by atoms with van der Waals surface area (Å²) >= 11 is 3.04. The molecule has 2 nitrogen and oxygen atoms in total. The molecule has 1 rings (SSSR count). The van der Waals surface area contributed by atoms with Crippen LogP contribution in [0, 0.1) is 0 Å². The molecule has 0 aromatic heterocycles. The molecule has 1 aromatic rings. The largest absolute Gasteiger partial charge is 0.508 e. The molecule has 0 fully saturated rings. The maximum absolute atomic E-state index is 8.89. The van der Waals surface area contributed by atoms with Gasteiger partial charge in [-0.1, -0.05) is 0 Å². The predicted molar refractivity (Wildman–Crippen MR) is 43.2 cm³/mol. The van der Waals surface area contributed by atoms with Gasteiger partial charge < -0.3 is 10.2 Å². The summed E-state index contributed by atoms with van der Waals surface area (Å²) in [6, 6.07) is 4.26. The van der Waals surface area contributed by atoms with Gasteiger partial charge in [-0.15, -0.1) is 0 Å². The molecule has 1 radical (unpaired) electrons. The molecule has 0 spiro atoms. The van der Waals surface area contributed by atoms with Crippen LogP contribution in [0.2, 0.25) is 0 Å². The van der Waals surface area contributed by atoms with Crippen LogP contribution in [0.3, 0.4) is 0 Å². The Hall–Kier alpha value is 0.300. The molecule has 0 aliphatic rings. The van der Waals surface area contributed by atoms with E-state index in [9.17, 15) is 0 Å². The van der Waals surface area contributed by atoms with Crippen LogP contribution in [-0.4, -0.2) is 39.8 Å². The topological polar surface area (TPSA) is 40.5 Å². The minimum Gasteiger partial charge on any atom is -0.508 e. The first kappa shape index (κ1) is 10.3. The van der Waals surface area contributed by atoms with Crippen molar-refractivity contribution in [2.24, 2.45) is 0 Å². The molecule has 0 heterocycles. The molecule has 0 aliphatic heterocycles. The van der Waals surface area contributed by atoms with E-state index in [0.717, 1.165) is 0 Å². The van der Waals surface area contributed by atoms with Crippen LogP contribution in [0.4, 0.5) is 0 Å². The summed E-state index contributed by atoms with van der Waals surface area (Å²) in [5.74, 6) is 0.271. The second-order valence-electron chi connectivity index (χ2n) is 1.64. The number of aromatic hydroxyl groups is 2. The van der Waals surface area contributed by atoms with E-state index in [1.807, 2.05) is 0 Å². The maximum Gasteiger partial charge on any atom is 0.130 e. The normalized spacial score (nSPS) is 8.50. The average Bonchev–Trinajstić information content (AvgIpc) is 1.80.